The quantitative estimate of drug-likeness (QED) is 0.334. The Bertz CT molecular complexity index is 969. The molecule has 7 rings (SSSR count). The Hall–Kier alpha value is -1.78. The normalized spacial score (nSPS) is 42.6. The van der Waals surface area contributed by atoms with Gasteiger partial charge in [-0.3, -0.25) is 15.0 Å². The number of hydrogen-bond acceptors (Lipinski definition) is 8. The average Bonchev–Trinajstić information content (AvgIpc) is 3.11. The van der Waals surface area contributed by atoms with Gasteiger partial charge in [0.25, 0.3) is 5.69 Å². The highest BCUT2D eigenvalue weighted by Gasteiger charge is 2.69. The third kappa shape index (κ3) is 4.04. The van der Waals surface area contributed by atoms with Crippen LogP contribution in [0, 0.1) is 33.8 Å². The zero-order valence-corrected chi connectivity index (χ0v) is 21.6. The number of benzene rings is 1. The zero-order valence-electron chi connectivity index (χ0n) is 21.6. The second-order valence-electron chi connectivity index (χ2n) is 11.8. The van der Waals surface area contributed by atoms with E-state index in [4.69, 9.17) is 19.2 Å². The van der Waals surface area contributed by atoms with Gasteiger partial charge in [-0.2, -0.15) is 0 Å². The minimum atomic E-state index is -0.725. The number of non-ortho nitro benzene ring substituents is 1. The molecular formula is C27H39N3O6. The third-order valence-electron chi connectivity index (χ3n) is 9.82. The summed E-state index contributed by atoms with van der Waals surface area (Å²) < 4.78 is 13.3. The van der Waals surface area contributed by atoms with Crippen molar-refractivity contribution in [3.8, 4) is 0 Å². The summed E-state index contributed by atoms with van der Waals surface area (Å²) in [6, 6.07) is 6.88. The second kappa shape index (κ2) is 9.20. The maximum absolute atomic E-state index is 10.9. The molecule has 198 valence electrons. The zero-order chi connectivity index (χ0) is 25.1. The molecule has 9 nitrogen and oxygen atoms in total. The van der Waals surface area contributed by atoms with Crippen LogP contribution in [0.5, 0.6) is 0 Å². The van der Waals surface area contributed by atoms with Crippen molar-refractivity contribution in [1.29, 1.82) is 0 Å². The van der Waals surface area contributed by atoms with E-state index in [1.54, 1.807) is 12.1 Å². The number of nitro groups is 1. The SMILES string of the molecule is C[C@H]1[C@@H](CCN2CCN(c3ccc([N+](=O)[O-])cc3)CC2)O[C@@H]2O[C@]3(C)CC[C@H]4[C@H](C)CC[C@@H]1[C@@]24OO3. The standard InChI is InChI=1S/C27H39N3O6/c1-18-4-9-23-19(2)24(33-25-27(23)22(18)10-12-26(3,34-25)35-36-27)11-13-28-14-16-29(17-15-28)20-5-7-21(8-6-20)30(31)32/h5-8,18-19,22-25H,4,9-17H2,1-3H3/t18-,19-,22+,23+,24-,25-,26+,27-/m1/s1. The van der Waals surface area contributed by atoms with E-state index in [0.717, 1.165) is 64.1 Å². The van der Waals surface area contributed by atoms with Crippen LogP contribution in [0.15, 0.2) is 24.3 Å². The summed E-state index contributed by atoms with van der Waals surface area (Å²) in [5, 5.41) is 10.9. The minimum absolute atomic E-state index is 0.135. The Kier molecular flexibility index (Phi) is 6.28. The smallest absolute Gasteiger partial charge is 0.269 e. The fourth-order valence-electron chi connectivity index (χ4n) is 7.63. The topological polar surface area (TPSA) is 86.5 Å². The highest BCUT2D eigenvalue weighted by Crippen LogP contribution is 2.60. The van der Waals surface area contributed by atoms with E-state index in [0.29, 0.717) is 23.7 Å². The van der Waals surface area contributed by atoms with Gasteiger partial charge < -0.3 is 14.4 Å². The lowest BCUT2D eigenvalue weighted by Gasteiger charge is -2.60. The number of ether oxygens (including phenoxy) is 2. The predicted molar refractivity (Wildman–Crippen MR) is 133 cm³/mol. The predicted octanol–water partition coefficient (Wildman–Crippen LogP) is 4.36. The van der Waals surface area contributed by atoms with Crippen LogP contribution >= 0.6 is 0 Å². The van der Waals surface area contributed by atoms with E-state index in [-0.39, 0.29) is 23.0 Å². The summed E-state index contributed by atoms with van der Waals surface area (Å²) in [7, 11) is 0. The van der Waals surface area contributed by atoms with Crippen LogP contribution in [0.3, 0.4) is 0 Å². The molecule has 5 heterocycles. The average molecular weight is 502 g/mol. The number of nitro benzene ring substituents is 1. The molecule has 9 heteroatoms. The van der Waals surface area contributed by atoms with Gasteiger partial charge in [0.2, 0.25) is 5.79 Å². The highest BCUT2D eigenvalue weighted by molar-refractivity contribution is 5.51. The molecule has 1 spiro atoms. The van der Waals surface area contributed by atoms with Crippen molar-refractivity contribution in [3.63, 3.8) is 0 Å². The number of rotatable bonds is 5. The van der Waals surface area contributed by atoms with Crippen LogP contribution in [-0.2, 0) is 19.2 Å². The largest absolute Gasteiger partial charge is 0.369 e. The lowest BCUT2D eigenvalue weighted by Crippen LogP contribution is -2.70. The molecule has 5 aliphatic heterocycles. The first-order valence-corrected chi connectivity index (χ1v) is 13.7. The first-order valence-electron chi connectivity index (χ1n) is 13.7. The Morgan fingerprint density at radius 2 is 1.78 bits per heavy atom. The van der Waals surface area contributed by atoms with Crippen molar-refractivity contribution in [2.45, 2.75) is 76.7 Å². The van der Waals surface area contributed by atoms with Crippen LogP contribution < -0.4 is 4.90 Å². The lowest BCUT2D eigenvalue weighted by atomic mass is 9.57. The van der Waals surface area contributed by atoms with Crippen molar-refractivity contribution in [2.75, 3.05) is 37.6 Å². The highest BCUT2D eigenvalue weighted by atomic mass is 17.3. The van der Waals surface area contributed by atoms with E-state index >= 15 is 0 Å². The molecule has 6 fully saturated rings. The van der Waals surface area contributed by atoms with Crippen molar-refractivity contribution >= 4 is 11.4 Å². The molecule has 1 aromatic rings. The van der Waals surface area contributed by atoms with Crippen molar-refractivity contribution < 1.29 is 24.2 Å². The summed E-state index contributed by atoms with van der Waals surface area (Å²) in [6.07, 6.45) is 5.01. The number of nitrogens with zero attached hydrogens (tertiary/aromatic N) is 3. The van der Waals surface area contributed by atoms with Crippen LogP contribution in [0.25, 0.3) is 0 Å². The molecule has 6 aliphatic rings. The van der Waals surface area contributed by atoms with Crippen LogP contribution in [-0.4, -0.2) is 66.3 Å². The third-order valence-corrected chi connectivity index (χ3v) is 9.82. The fraction of sp³-hybridized carbons (Fsp3) is 0.778. The Labute approximate surface area is 213 Å². The van der Waals surface area contributed by atoms with E-state index in [2.05, 4.69) is 23.6 Å². The van der Waals surface area contributed by atoms with Gasteiger partial charge in [0.1, 0.15) is 0 Å². The second-order valence-corrected chi connectivity index (χ2v) is 11.8. The molecule has 0 aromatic heterocycles. The number of anilines is 1. The van der Waals surface area contributed by atoms with Crippen LogP contribution in [0.4, 0.5) is 11.4 Å². The molecule has 1 aliphatic carbocycles. The number of hydrogen-bond donors (Lipinski definition) is 0. The van der Waals surface area contributed by atoms with E-state index in [1.165, 1.54) is 6.42 Å². The summed E-state index contributed by atoms with van der Waals surface area (Å²) in [4.78, 5) is 27.6. The summed E-state index contributed by atoms with van der Waals surface area (Å²) >= 11 is 0. The maximum Gasteiger partial charge on any atom is 0.269 e. The van der Waals surface area contributed by atoms with E-state index < -0.39 is 11.4 Å². The fourth-order valence-corrected chi connectivity index (χ4v) is 7.63. The number of fused-ring (bicyclic) bond motifs is 2. The lowest BCUT2D eigenvalue weighted by molar-refractivity contribution is -0.571. The van der Waals surface area contributed by atoms with Crippen molar-refractivity contribution in [2.24, 2.45) is 23.7 Å². The van der Waals surface area contributed by atoms with Gasteiger partial charge in [-0.25, -0.2) is 9.78 Å². The molecule has 0 unspecified atom stereocenters. The Morgan fingerprint density at radius 3 is 2.50 bits per heavy atom. The van der Waals surface area contributed by atoms with Gasteiger partial charge in [-0.15, -0.1) is 0 Å². The summed E-state index contributed by atoms with van der Waals surface area (Å²) in [5.41, 5.74) is 0.698. The Balaban J connectivity index is 1.08. The molecule has 8 atom stereocenters. The van der Waals surface area contributed by atoms with Gasteiger partial charge in [0.05, 0.1) is 11.0 Å². The molecule has 1 aromatic carbocycles. The monoisotopic (exact) mass is 501 g/mol. The number of piperazine rings is 1. The van der Waals surface area contributed by atoms with Crippen molar-refractivity contribution in [1.82, 2.24) is 4.90 Å². The molecule has 0 radical (unpaired) electrons. The first kappa shape index (κ1) is 24.6. The molecule has 2 bridgehead atoms. The van der Waals surface area contributed by atoms with Crippen LogP contribution in [0.2, 0.25) is 0 Å². The molecule has 5 saturated heterocycles. The van der Waals surface area contributed by atoms with Gasteiger partial charge in [-0.05, 0) is 62.5 Å². The minimum Gasteiger partial charge on any atom is -0.369 e. The van der Waals surface area contributed by atoms with Gasteiger partial charge in [-0.1, -0.05) is 13.8 Å². The van der Waals surface area contributed by atoms with Crippen LogP contribution in [0.1, 0.15) is 52.9 Å². The molecule has 36 heavy (non-hydrogen) atoms. The maximum atomic E-state index is 10.9. The molecule has 0 amide bonds. The molecular weight excluding hydrogens is 462 g/mol. The molecule has 1 saturated carbocycles. The van der Waals surface area contributed by atoms with Gasteiger partial charge >= 0.3 is 0 Å². The first-order chi connectivity index (χ1) is 17.3. The van der Waals surface area contributed by atoms with E-state index in [9.17, 15) is 10.1 Å². The summed E-state index contributed by atoms with van der Waals surface area (Å²) in [6.45, 7) is 11.4. The molecule has 0 N–H and O–H groups in total. The Morgan fingerprint density at radius 1 is 1.03 bits per heavy atom. The van der Waals surface area contributed by atoms with Crippen molar-refractivity contribution in [3.05, 3.63) is 34.4 Å². The summed E-state index contributed by atoms with van der Waals surface area (Å²) in [5.74, 6) is 1.02. The van der Waals surface area contributed by atoms with Gasteiger partial charge in [0, 0.05) is 62.9 Å². The van der Waals surface area contributed by atoms with E-state index in [1.807, 2.05) is 19.1 Å². The van der Waals surface area contributed by atoms with Gasteiger partial charge in [0.15, 0.2) is 11.9 Å².